The summed E-state index contributed by atoms with van der Waals surface area (Å²) < 4.78 is 5.71. The van der Waals surface area contributed by atoms with Crippen LogP contribution >= 0.6 is 0 Å². The van der Waals surface area contributed by atoms with E-state index in [1.807, 2.05) is 59.5 Å². The molecule has 160 valence electrons. The molecule has 31 heavy (non-hydrogen) atoms. The number of carbonyl (C=O) groups excluding carboxylic acids is 3. The molecule has 1 aliphatic heterocycles. The Balaban J connectivity index is 1.47. The monoisotopic (exact) mass is 420 g/mol. The largest absolute Gasteiger partial charge is 0.451 e. The first kappa shape index (κ1) is 20.6. The summed E-state index contributed by atoms with van der Waals surface area (Å²) in [4.78, 5) is 41.2. The van der Waals surface area contributed by atoms with Gasteiger partial charge in [0.1, 0.15) is 11.6 Å². The predicted molar refractivity (Wildman–Crippen MR) is 115 cm³/mol. The number of benzene rings is 2. The SMILES string of the molecule is CNC(=O)NC(=O)C(c1ccccc1)N1CCN(C(=O)c2cc3ccccc3o2)CC1. The molecule has 4 rings (SSSR count). The second-order valence-electron chi connectivity index (χ2n) is 7.36. The van der Waals surface area contributed by atoms with Gasteiger partial charge in [0.25, 0.3) is 5.91 Å². The van der Waals surface area contributed by atoms with Gasteiger partial charge >= 0.3 is 6.03 Å². The lowest BCUT2D eigenvalue weighted by atomic mass is 10.0. The third-order valence-corrected chi connectivity index (χ3v) is 5.43. The highest BCUT2D eigenvalue weighted by atomic mass is 16.3. The van der Waals surface area contributed by atoms with Crippen LogP contribution in [0.1, 0.15) is 22.2 Å². The number of hydrogen-bond acceptors (Lipinski definition) is 5. The fourth-order valence-corrected chi connectivity index (χ4v) is 3.83. The lowest BCUT2D eigenvalue weighted by Crippen LogP contribution is -2.53. The molecule has 4 amide bonds. The number of imide groups is 1. The predicted octanol–water partition coefficient (Wildman–Crippen LogP) is 2.39. The van der Waals surface area contributed by atoms with E-state index < -0.39 is 18.0 Å². The summed E-state index contributed by atoms with van der Waals surface area (Å²) in [6.07, 6.45) is 0. The molecule has 8 nitrogen and oxygen atoms in total. The summed E-state index contributed by atoms with van der Waals surface area (Å²) in [5.41, 5.74) is 1.47. The Bertz CT molecular complexity index is 1050. The Morgan fingerprint density at radius 3 is 2.29 bits per heavy atom. The van der Waals surface area contributed by atoms with Crippen LogP contribution in [-0.2, 0) is 4.79 Å². The van der Waals surface area contributed by atoms with Gasteiger partial charge in [-0.25, -0.2) is 4.79 Å². The van der Waals surface area contributed by atoms with E-state index in [9.17, 15) is 14.4 Å². The van der Waals surface area contributed by atoms with Crippen molar-refractivity contribution < 1.29 is 18.8 Å². The normalized spacial score (nSPS) is 15.5. The van der Waals surface area contributed by atoms with Crippen molar-refractivity contribution in [3.05, 3.63) is 72.0 Å². The van der Waals surface area contributed by atoms with Crippen LogP contribution in [0.25, 0.3) is 11.0 Å². The minimum absolute atomic E-state index is 0.165. The quantitative estimate of drug-likeness (QED) is 0.676. The van der Waals surface area contributed by atoms with Gasteiger partial charge in [0, 0.05) is 38.6 Å². The maximum atomic E-state index is 12.9. The number of fused-ring (bicyclic) bond motifs is 1. The lowest BCUT2D eigenvalue weighted by Gasteiger charge is -2.38. The smallest absolute Gasteiger partial charge is 0.321 e. The second kappa shape index (κ2) is 9.01. The fourth-order valence-electron chi connectivity index (χ4n) is 3.83. The van der Waals surface area contributed by atoms with Gasteiger partial charge in [-0.15, -0.1) is 0 Å². The van der Waals surface area contributed by atoms with Crippen LogP contribution in [0.15, 0.2) is 65.1 Å². The number of urea groups is 1. The molecule has 1 aliphatic rings. The number of para-hydroxylation sites is 1. The van der Waals surface area contributed by atoms with E-state index in [4.69, 9.17) is 4.42 Å². The van der Waals surface area contributed by atoms with Crippen molar-refractivity contribution in [2.45, 2.75) is 6.04 Å². The topological polar surface area (TPSA) is 94.9 Å². The van der Waals surface area contributed by atoms with Gasteiger partial charge in [0.2, 0.25) is 5.91 Å². The molecule has 8 heteroatoms. The molecule has 1 unspecified atom stereocenters. The van der Waals surface area contributed by atoms with Crippen LogP contribution in [0.4, 0.5) is 4.79 Å². The van der Waals surface area contributed by atoms with E-state index in [1.54, 1.807) is 11.0 Å². The first-order valence-electron chi connectivity index (χ1n) is 10.2. The number of nitrogens with zero attached hydrogens (tertiary/aromatic N) is 2. The molecule has 2 heterocycles. The maximum Gasteiger partial charge on any atom is 0.321 e. The summed E-state index contributed by atoms with van der Waals surface area (Å²) >= 11 is 0. The molecule has 3 aromatic rings. The van der Waals surface area contributed by atoms with Gasteiger partial charge in [-0.05, 0) is 17.7 Å². The van der Waals surface area contributed by atoms with Crippen LogP contribution in [-0.4, -0.2) is 60.9 Å². The van der Waals surface area contributed by atoms with Crippen molar-refractivity contribution in [2.24, 2.45) is 0 Å². The summed E-state index contributed by atoms with van der Waals surface area (Å²) in [6, 6.07) is 17.4. The van der Waals surface area contributed by atoms with Gasteiger partial charge in [-0.3, -0.25) is 19.8 Å². The average Bonchev–Trinajstić information content (AvgIpc) is 3.24. The Kier molecular flexibility index (Phi) is 5.99. The molecule has 1 fully saturated rings. The Morgan fingerprint density at radius 1 is 0.935 bits per heavy atom. The van der Waals surface area contributed by atoms with Crippen molar-refractivity contribution in [3.8, 4) is 0 Å². The van der Waals surface area contributed by atoms with Crippen LogP contribution in [0.3, 0.4) is 0 Å². The van der Waals surface area contributed by atoms with E-state index in [2.05, 4.69) is 10.6 Å². The number of rotatable bonds is 4. The van der Waals surface area contributed by atoms with Crippen LogP contribution in [0.2, 0.25) is 0 Å². The number of carbonyl (C=O) groups is 3. The van der Waals surface area contributed by atoms with Crippen LogP contribution < -0.4 is 10.6 Å². The number of furan rings is 1. The third-order valence-electron chi connectivity index (χ3n) is 5.43. The fraction of sp³-hybridized carbons (Fsp3) is 0.261. The van der Waals surface area contributed by atoms with Crippen molar-refractivity contribution in [1.29, 1.82) is 0 Å². The van der Waals surface area contributed by atoms with Crippen LogP contribution in [0, 0.1) is 0 Å². The molecule has 0 radical (unpaired) electrons. The van der Waals surface area contributed by atoms with Crippen molar-refractivity contribution in [3.63, 3.8) is 0 Å². The van der Waals surface area contributed by atoms with Gasteiger partial charge < -0.3 is 14.6 Å². The first-order chi connectivity index (χ1) is 15.1. The Labute approximate surface area is 179 Å². The minimum atomic E-state index is -0.623. The van der Waals surface area contributed by atoms with Gasteiger partial charge in [-0.2, -0.15) is 0 Å². The van der Waals surface area contributed by atoms with Crippen molar-refractivity contribution in [1.82, 2.24) is 20.4 Å². The molecule has 2 aromatic carbocycles. The first-order valence-corrected chi connectivity index (χ1v) is 10.2. The molecular formula is C23H24N4O4. The molecular weight excluding hydrogens is 396 g/mol. The highest BCUT2D eigenvalue weighted by molar-refractivity contribution is 5.98. The number of nitrogens with one attached hydrogen (secondary N) is 2. The zero-order valence-electron chi connectivity index (χ0n) is 17.2. The maximum absolute atomic E-state index is 12.9. The summed E-state index contributed by atoms with van der Waals surface area (Å²) in [5.74, 6) is -0.254. The molecule has 0 saturated carbocycles. The molecule has 1 atom stereocenters. The minimum Gasteiger partial charge on any atom is -0.451 e. The Morgan fingerprint density at radius 2 is 1.61 bits per heavy atom. The van der Waals surface area contributed by atoms with E-state index in [0.717, 1.165) is 10.9 Å². The number of hydrogen-bond donors (Lipinski definition) is 2. The van der Waals surface area contributed by atoms with Gasteiger partial charge in [-0.1, -0.05) is 48.5 Å². The van der Waals surface area contributed by atoms with Crippen molar-refractivity contribution >= 4 is 28.8 Å². The van der Waals surface area contributed by atoms with E-state index in [0.29, 0.717) is 37.5 Å². The number of piperazine rings is 1. The molecule has 1 saturated heterocycles. The summed E-state index contributed by atoms with van der Waals surface area (Å²) in [7, 11) is 1.46. The number of amides is 4. The van der Waals surface area contributed by atoms with E-state index in [-0.39, 0.29) is 5.91 Å². The van der Waals surface area contributed by atoms with E-state index in [1.165, 1.54) is 7.05 Å². The highest BCUT2D eigenvalue weighted by Gasteiger charge is 2.33. The van der Waals surface area contributed by atoms with E-state index >= 15 is 0 Å². The molecule has 0 bridgehead atoms. The second-order valence-corrected chi connectivity index (χ2v) is 7.36. The zero-order valence-corrected chi connectivity index (χ0v) is 17.2. The lowest BCUT2D eigenvalue weighted by molar-refractivity contribution is -0.126. The molecule has 0 aliphatic carbocycles. The highest BCUT2D eigenvalue weighted by Crippen LogP contribution is 2.24. The van der Waals surface area contributed by atoms with Crippen molar-refractivity contribution in [2.75, 3.05) is 33.2 Å². The zero-order chi connectivity index (χ0) is 21.8. The standard InChI is InChI=1S/C23H24N4O4/c1-24-23(30)25-21(28)20(16-7-3-2-4-8-16)26-11-13-27(14-12-26)22(29)19-15-17-9-5-6-10-18(17)31-19/h2-10,15,20H,11-14H2,1H3,(H2,24,25,28,30). The molecule has 1 aromatic heterocycles. The third kappa shape index (κ3) is 4.44. The molecule has 2 N–H and O–H groups in total. The van der Waals surface area contributed by atoms with Gasteiger partial charge in [0.15, 0.2) is 5.76 Å². The molecule has 0 spiro atoms. The summed E-state index contributed by atoms with van der Waals surface area (Å²) in [6.45, 7) is 1.89. The average molecular weight is 420 g/mol. The van der Waals surface area contributed by atoms with Crippen LogP contribution in [0.5, 0.6) is 0 Å². The van der Waals surface area contributed by atoms with Gasteiger partial charge in [0.05, 0.1) is 0 Å². The Hall–Kier alpha value is -3.65. The summed E-state index contributed by atoms with van der Waals surface area (Å²) in [5, 5.41) is 5.67.